The summed E-state index contributed by atoms with van der Waals surface area (Å²) in [5.74, 6) is 0.473. The fourth-order valence-electron chi connectivity index (χ4n) is 2.62. The van der Waals surface area contributed by atoms with Crippen LogP contribution in [0.5, 0.6) is 0 Å². The highest BCUT2D eigenvalue weighted by Crippen LogP contribution is 2.23. The fraction of sp³-hybridized carbons (Fsp3) is 0.929. The number of carbonyl (C=O) groups is 1. The average molecular weight is 225 g/mol. The predicted octanol–water partition coefficient (Wildman–Crippen LogP) is 3.40. The van der Waals surface area contributed by atoms with Crippen molar-refractivity contribution in [2.45, 2.75) is 77.8 Å². The van der Waals surface area contributed by atoms with Crippen LogP contribution in [0.1, 0.15) is 65.7 Å². The first-order chi connectivity index (χ1) is 7.69. The largest absolute Gasteiger partial charge is 0.300 e. The van der Waals surface area contributed by atoms with Gasteiger partial charge in [0.25, 0.3) is 0 Å². The molecule has 0 aromatic rings. The Morgan fingerprint density at radius 1 is 1.44 bits per heavy atom. The molecule has 1 rings (SSSR count). The Labute approximate surface area is 100 Å². The molecule has 1 saturated carbocycles. The van der Waals surface area contributed by atoms with Crippen LogP contribution in [0.4, 0.5) is 0 Å². The van der Waals surface area contributed by atoms with Gasteiger partial charge in [-0.05, 0) is 39.2 Å². The van der Waals surface area contributed by atoms with Gasteiger partial charge in [0.2, 0.25) is 0 Å². The molecule has 0 saturated heterocycles. The number of ketones is 1. The number of unbranched alkanes of at least 4 members (excludes halogenated alkanes) is 1. The van der Waals surface area contributed by atoms with E-state index in [1.165, 1.54) is 32.2 Å². The number of Topliss-reactive ketones (excluding diaryl/α,β-unsaturated/α-hetero) is 1. The summed E-state index contributed by atoms with van der Waals surface area (Å²) in [6, 6.07) is 1.16. The Balaban J connectivity index is 2.55. The lowest BCUT2D eigenvalue weighted by Gasteiger charge is -2.37. The monoisotopic (exact) mass is 225 g/mol. The Morgan fingerprint density at radius 3 is 2.75 bits per heavy atom. The summed E-state index contributed by atoms with van der Waals surface area (Å²) in [5, 5.41) is 0. The highest BCUT2D eigenvalue weighted by atomic mass is 16.1. The second-order valence-electron chi connectivity index (χ2n) is 5.14. The lowest BCUT2D eigenvalue weighted by atomic mass is 9.91. The number of nitrogens with zero attached hydrogens (tertiary/aromatic N) is 1. The van der Waals surface area contributed by atoms with Crippen LogP contribution in [-0.2, 0) is 4.79 Å². The summed E-state index contributed by atoms with van der Waals surface area (Å²) in [5.41, 5.74) is 0. The third kappa shape index (κ3) is 3.89. The van der Waals surface area contributed by atoms with Crippen LogP contribution < -0.4 is 0 Å². The number of hydrogen-bond acceptors (Lipinski definition) is 2. The van der Waals surface area contributed by atoms with Crippen molar-refractivity contribution in [1.29, 1.82) is 0 Å². The first-order valence-electron chi connectivity index (χ1n) is 6.96. The lowest BCUT2D eigenvalue weighted by molar-refractivity contribution is -0.122. The van der Waals surface area contributed by atoms with Gasteiger partial charge in [-0.25, -0.2) is 0 Å². The van der Waals surface area contributed by atoms with E-state index in [4.69, 9.17) is 0 Å². The summed E-state index contributed by atoms with van der Waals surface area (Å²) in [7, 11) is 0. The van der Waals surface area contributed by atoms with Crippen molar-refractivity contribution in [3.8, 4) is 0 Å². The molecule has 1 aliphatic rings. The van der Waals surface area contributed by atoms with Crippen molar-refractivity contribution < 1.29 is 4.79 Å². The minimum Gasteiger partial charge on any atom is -0.300 e. The molecule has 94 valence electrons. The quantitative estimate of drug-likeness (QED) is 0.690. The molecule has 0 radical (unpaired) electrons. The molecule has 0 spiro atoms. The summed E-state index contributed by atoms with van der Waals surface area (Å²) in [6.45, 7) is 7.95. The minimum absolute atomic E-state index is 0.473. The second kappa shape index (κ2) is 7.05. The molecule has 0 aromatic carbocycles. The molecule has 1 aliphatic carbocycles. The van der Waals surface area contributed by atoms with Gasteiger partial charge in [0.1, 0.15) is 5.78 Å². The van der Waals surface area contributed by atoms with E-state index >= 15 is 0 Å². The molecule has 2 unspecified atom stereocenters. The van der Waals surface area contributed by atoms with Gasteiger partial charge in [0, 0.05) is 24.9 Å². The van der Waals surface area contributed by atoms with E-state index in [1.54, 1.807) is 0 Å². The zero-order valence-corrected chi connectivity index (χ0v) is 11.2. The van der Waals surface area contributed by atoms with Crippen LogP contribution in [0, 0.1) is 0 Å². The van der Waals surface area contributed by atoms with Gasteiger partial charge in [0.05, 0.1) is 0 Å². The van der Waals surface area contributed by atoms with Crippen molar-refractivity contribution >= 4 is 5.78 Å². The van der Waals surface area contributed by atoms with Crippen molar-refractivity contribution in [3.05, 3.63) is 0 Å². The van der Waals surface area contributed by atoms with Crippen LogP contribution in [-0.4, -0.2) is 29.3 Å². The first kappa shape index (κ1) is 13.7. The van der Waals surface area contributed by atoms with Crippen molar-refractivity contribution in [1.82, 2.24) is 4.90 Å². The van der Waals surface area contributed by atoms with E-state index < -0.39 is 0 Å². The average Bonchev–Trinajstić information content (AvgIpc) is 2.29. The molecule has 1 fully saturated rings. The molecule has 0 aliphatic heterocycles. The highest BCUT2D eigenvalue weighted by Gasteiger charge is 2.27. The van der Waals surface area contributed by atoms with Crippen molar-refractivity contribution in [3.63, 3.8) is 0 Å². The van der Waals surface area contributed by atoms with Gasteiger partial charge in [-0.2, -0.15) is 0 Å². The van der Waals surface area contributed by atoms with Crippen LogP contribution >= 0.6 is 0 Å². The smallest absolute Gasteiger partial charge is 0.134 e. The zero-order valence-electron chi connectivity index (χ0n) is 11.2. The third-order valence-electron chi connectivity index (χ3n) is 3.85. The number of hydrogen-bond donors (Lipinski definition) is 0. The van der Waals surface area contributed by atoms with E-state index in [0.29, 0.717) is 17.9 Å². The van der Waals surface area contributed by atoms with Crippen LogP contribution in [0.15, 0.2) is 0 Å². The molecule has 0 aromatic heterocycles. The molecule has 0 N–H and O–H groups in total. The van der Waals surface area contributed by atoms with E-state index in [-0.39, 0.29) is 0 Å². The maximum Gasteiger partial charge on any atom is 0.134 e. The zero-order chi connectivity index (χ0) is 12.0. The number of rotatable bonds is 6. The molecule has 0 amide bonds. The van der Waals surface area contributed by atoms with Gasteiger partial charge in [-0.15, -0.1) is 0 Å². The SMILES string of the molecule is CCCCN(C(C)CC)C1CCCC(=O)C1. The molecule has 2 heteroatoms. The lowest BCUT2D eigenvalue weighted by Crippen LogP contribution is -2.44. The Kier molecular flexibility index (Phi) is 6.04. The minimum atomic E-state index is 0.473. The molecule has 2 nitrogen and oxygen atoms in total. The highest BCUT2D eigenvalue weighted by molar-refractivity contribution is 5.79. The first-order valence-corrected chi connectivity index (χ1v) is 6.96. The van der Waals surface area contributed by atoms with Gasteiger partial charge in [0.15, 0.2) is 0 Å². The van der Waals surface area contributed by atoms with Crippen LogP contribution in [0.25, 0.3) is 0 Å². The molecule has 0 heterocycles. The van der Waals surface area contributed by atoms with E-state index in [2.05, 4.69) is 25.7 Å². The van der Waals surface area contributed by atoms with Gasteiger partial charge in [-0.1, -0.05) is 20.3 Å². The van der Waals surface area contributed by atoms with Crippen molar-refractivity contribution in [2.75, 3.05) is 6.54 Å². The Hall–Kier alpha value is -0.370. The van der Waals surface area contributed by atoms with E-state index in [0.717, 1.165) is 19.3 Å². The topological polar surface area (TPSA) is 20.3 Å². The standard InChI is InChI=1S/C14H27NO/c1-4-6-10-15(12(3)5-2)13-8-7-9-14(16)11-13/h12-13H,4-11H2,1-3H3. The summed E-state index contributed by atoms with van der Waals surface area (Å²) < 4.78 is 0. The van der Waals surface area contributed by atoms with Gasteiger partial charge in [-0.3, -0.25) is 9.69 Å². The summed E-state index contributed by atoms with van der Waals surface area (Å²) in [4.78, 5) is 14.1. The molecule has 16 heavy (non-hydrogen) atoms. The number of carbonyl (C=O) groups excluding carboxylic acids is 1. The predicted molar refractivity (Wildman–Crippen MR) is 68.6 cm³/mol. The molecular formula is C14H27NO. The van der Waals surface area contributed by atoms with E-state index in [9.17, 15) is 4.79 Å². The van der Waals surface area contributed by atoms with Gasteiger partial charge >= 0.3 is 0 Å². The maximum absolute atomic E-state index is 11.5. The molecular weight excluding hydrogens is 198 g/mol. The molecule has 2 atom stereocenters. The second-order valence-corrected chi connectivity index (χ2v) is 5.14. The Bertz CT molecular complexity index is 215. The van der Waals surface area contributed by atoms with Crippen LogP contribution in [0.2, 0.25) is 0 Å². The summed E-state index contributed by atoms with van der Waals surface area (Å²) in [6.07, 6.45) is 7.63. The summed E-state index contributed by atoms with van der Waals surface area (Å²) >= 11 is 0. The van der Waals surface area contributed by atoms with Crippen LogP contribution in [0.3, 0.4) is 0 Å². The maximum atomic E-state index is 11.5. The van der Waals surface area contributed by atoms with Crippen molar-refractivity contribution in [2.24, 2.45) is 0 Å². The fourth-order valence-corrected chi connectivity index (χ4v) is 2.62. The van der Waals surface area contributed by atoms with Gasteiger partial charge < -0.3 is 0 Å². The normalized spacial score (nSPS) is 23.8. The van der Waals surface area contributed by atoms with E-state index in [1.807, 2.05) is 0 Å². The Morgan fingerprint density at radius 2 is 2.19 bits per heavy atom. The third-order valence-corrected chi connectivity index (χ3v) is 3.85. The molecule has 0 bridgehead atoms.